The SMILES string of the molecule is CC(C)CN1CCn2nc(CNC(=O)[C@@H](C)Oc3cccc(Cl)c3)cc2C1. The van der Waals surface area contributed by atoms with Crippen LogP contribution in [-0.2, 0) is 24.4 Å². The van der Waals surface area contributed by atoms with Crippen molar-refractivity contribution in [2.24, 2.45) is 5.92 Å². The third-order valence-electron chi connectivity index (χ3n) is 4.47. The number of fused-ring (bicyclic) bond motifs is 1. The first kappa shape index (κ1) is 19.7. The highest BCUT2D eigenvalue weighted by atomic mass is 35.5. The topological polar surface area (TPSA) is 59.4 Å². The maximum absolute atomic E-state index is 12.3. The van der Waals surface area contributed by atoms with Gasteiger partial charge >= 0.3 is 0 Å². The number of nitrogens with one attached hydrogen (secondary N) is 1. The third kappa shape index (κ3) is 5.47. The van der Waals surface area contributed by atoms with Crippen molar-refractivity contribution in [3.8, 4) is 5.75 Å². The fraction of sp³-hybridized carbons (Fsp3) is 0.500. The Morgan fingerprint density at radius 2 is 2.11 bits per heavy atom. The van der Waals surface area contributed by atoms with Crippen LogP contribution in [0.5, 0.6) is 5.75 Å². The van der Waals surface area contributed by atoms with Crippen molar-refractivity contribution in [1.29, 1.82) is 0 Å². The molecule has 2 aromatic rings. The molecule has 0 bridgehead atoms. The molecule has 0 saturated heterocycles. The van der Waals surface area contributed by atoms with Crippen molar-refractivity contribution in [3.05, 3.63) is 46.7 Å². The Bertz CT molecular complexity index is 790. The molecule has 0 radical (unpaired) electrons. The van der Waals surface area contributed by atoms with Crippen LogP contribution in [0, 0.1) is 5.92 Å². The van der Waals surface area contributed by atoms with E-state index in [4.69, 9.17) is 16.3 Å². The van der Waals surface area contributed by atoms with Gasteiger partial charge in [0.2, 0.25) is 0 Å². The van der Waals surface area contributed by atoms with Crippen molar-refractivity contribution < 1.29 is 9.53 Å². The van der Waals surface area contributed by atoms with Crippen molar-refractivity contribution in [1.82, 2.24) is 20.0 Å². The van der Waals surface area contributed by atoms with Gasteiger partial charge in [-0.1, -0.05) is 31.5 Å². The number of amides is 1. The number of hydrogen-bond acceptors (Lipinski definition) is 4. The van der Waals surface area contributed by atoms with Gasteiger partial charge in [0.1, 0.15) is 5.75 Å². The lowest BCUT2D eigenvalue weighted by Crippen LogP contribution is -2.36. The molecular weight excluding hydrogens is 364 g/mol. The zero-order valence-corrected chi connectivity index (χ0v) is 16.9. The number of carbonyl (C=O) groups excluding carboxylic acids is 1. The molecule has 1 aliphatic rings. The van der Waals surface area contributed by atoms with E-state index in [0.29, 0.717) is 23.2 Å². The highest BCUT2D eigenvalue weighted by molar-refractivity contribution is 6.30. The molecule has 27 heavy (non-hydrogen) atoms. The normalized spacial score (nSPS) is 15.4. The number of aromatic nitrogens is 2. The maximum Gasteiger partial charge on any atom is 0.261 e. The van der Waals surface area contributed by atoms with Gasteiger partial charge in [-0.05, 0) is 37.1 Å². The summed E-state index contributed by atoms with van der Waals surface area (Å²) < 4.78 is 7.69. The summed E-state index contributed by atoms with van der Waals surface area (Å²) in [5.41, 5.74) is 2.08. The molecule has 1 aromatic heterocycles. The first-order valence-corrected chi connectivity index (χ1v) is 9.76. The Morgan fingerprint density at radius 3 is 2.85 bits per heavy atom. The first-order valence-electron chi connectivity index (χ1n) is 9.38. The molecule has 0 fully saturated rings. The van der Waals surface area contributed by atoms with Crippen LogP contribution in [0.1, 0.15) is 32.2 Å². The van der Waals surface area contributed by atoms with Crippen molar-refractivity contribution in [2.75, 3.05) is 13.1 Å². The fourth-order valence-electron chi connectivity index (χ4n) is 3.26. The average molecular weight is 391 g/mol. The number of halogens is 1. The Hall–Kier alpha value is -2.05. The van der Waals surface area contributed by atoms with Gasteiger partial charge in [-0.3, -0.25) is 14.4 Å². The number of hydrogen-bond donors (Lipinski definition) is 1. The molecule has 0 spiro atoms. The number of nitrogens with zero attached hydrogens (tertiary/aromatic N) is 3. The van der Waals surface area contributed by atoms with Crippen LogP contribution in [0.2, 0.25) is 5.02 Å². The summed E-state index contributed by atoms with van der Waals surface area (Å²) in [4.78, 5) is 14.8. The van der Waals surface area contributed by atoms with E-state index in [-0.39, 0.29) is 5.91 Å². The summed E-state index contributed by atoms with van der Waals surface area (Å²) in [6.45, 7) is 10.5. The minimum Gasteiger partial charge on any atom is -0.481 e. The summed E-state index contributed by atoms with van der Waals surface area (Å²) in [5.74, 6) is 1.05. The molecule has 1 amide bonds. The minimum absolute atomic E-state index is 0.178. The molecule has 0 aliphatic carbocycles. The van der Waals surface area contributed by atoms with E-state index in [1.54, 1.807) is 31.2 Å². The number of carbonyl (C=O) groups is 1. The largest absolute Gasteiger partial charge is 0.481 e. The quantitative estimate of drug-likeness (QED) is 0.789. The van der Waals surface area contributed by atoms with Gasteiger partial charge in [0.25, 0.3) is 5.91 Å². The zero-order valence-electron chi connectivity index (χ0n) is 16.1. The van der Waals surface area contributed by atoms with E-state index >= 15 is 0 Å². The summed E-state index contributed by atoms with van der Waals surface area (Å²) in [6.07, 6.45) is -0.609. The molecular formula is C20H27ClN4O2. The van der Waals surface area contributed by atoms with E-state index in [9.17, 15) is 4.79 Å². The highest BCUT2D eigenvalue weighted by Gasteiger charge is 2.20. The maximum atomic E-state index is 12.3. The van der Waals surface area contributed by atoms with Gasteiger partial charge in [0.05, 0.1) is 24.5 Å². The van der Waals surface area contributed by atoms with Crippen molar-refractivity contribution in [3.63, 3.8) is 0 Å². The lowest BCUT2D eigenvalue weighted by molar-refractivity contribution is -0.127. The summed E-state index contributed by atoms with van der Waals surface area (Å²) in [6, 6.07) is 9.11. The van der Waals surface area contributed by atoms with Gasteiger partial charge in [-0.25, -0.2) is 0 Å². The Labute approximate surface area is 165 Å². The van der Waals surface area contributed by atoms with Crippen LogP contribution in [0.3, 0.4) is 0 Å². The minimum atomic E-state index is -0.609. The Balaban J connectivity index is 1.51. The van der Waals surface area contributed by atoms with Crippen LogP contribution < -0.4 is 10.1 Å². The average Bonchev–Trinajstić information content (AvgIpc) is 3.01. The van der Waals surface area contributed by atoms with E-state index in [1.165, 1.54) is 5.69 Å². The van der Waals surface area contributed by atoms with Crippen LogP contribution in [0.25, 0.3) is 0 Å². The molecule has 1 aliphatic heterocycles. The molecule has 146 valence electrons. The molecule has 1 atom stereocenters. The van der Waals surface area contributed by atoms with Gasteiger partial charge in [0.15, 0.2) is 6.10 Å². The standard InChI is InChI=1S/C20H27ClN4O2/c1-14(2)12-24-7-8-25-18(13-24)10-17(23-25)11-22-20(26)15(3)27-19-6-4-5-16(21)9-19/h4-6,9-10,14-15H,7-8,11-13H2,1-3H3,(H,22,26)/t15-/m1/s1. The second-order valence-electron chi connectivity index (χ2n) is 7.41. The molecule has 0 unspecified atom stereocenters. The number of ether oxygens (including phenoxy) is 1. The molecule has 7 heteroatoms. The summed E-state index contributed by atoms with van der Waals surface area (Å²) in [5, 5.41) is 8.09. The summed E-state index contributed by atoms with van der Waals surface area (Å²) in [7, 11) is 0. The smallest absolute Gasteiger partial charge is 0.261 e. The van der Waals surface area contributed by atoms with Gasteiger partial charge in [0, 0.05) is 24.7 Å². The zero-order chi connectivity index (χ0) is 19.4. The molecule has 1 N–H and O–H groups in total. The van der Waals surface area contributed by atoms with Crippen molar-refractivity contribution >= 4 is 17.5 Å². The van der Waals surface area contributed by atoms with Crippen LogP contribution in [-0.4, -0.2) is 39.8 Å². The van der Waals surface area contributed by atoms with E-state index < -0.39 is 6.10 Å². The van der Waals surface area contributed by atoms with Gasteiger partial charge in [-0.2, -0.15) is 5.10 Å². The predicted octanol–water partition coefficient (Wildman–Crippen LogP) is 3.09. The Kier molecular flexibility index (Phi) is 6.39. The van der Waals surface area contributed by atoms with E-state index in [2.05, 4.69) is 35.2 Å². The summed E-state index contributed by atoms with van der Waals surface area (Å²) >= 11 is 5.94. The molecule has 1 aromatic carbocycles. The molecule has 3 rings (SSSR count). The number of benzene rings is 1. The molecule has 0 saturated carbocycles. The van der Waals surface area contributed by atoms with Crippen LogP contribution in [0.4, 0.5) is 0 Å². The lowest BCUT2D eigenvalue weighted by atomic mass is 10.2. The fourth-order valence-corrected chi connectivity index (χ4v) is 3.44. The second-order valence-corrected chi connectivity index (χ2v) is 7.85. The Morgan fingerprint density at radius 1 is 1.30 bits per heavy atom. The predicted molar refractivity (Wildman–Crippen MR) is 106 cm³/mol. The van der Waals surface area contributed by atoms with Crippen LogP contribution in [0.15, 0.2) is 30.3 Å². The van der Waals surface area contributed by atoms with Crippen LogP contribution >= 0.6 is 11.6 Å². The van der Waals surface area contributed by atoms with E-state index in [1.807, 2.05) is 4.68 Å². The van der Waals surface area contributed by atoms with Crippen molar-refractivity contribution in [2.45, 2.75) is 46.5 Å². The number of rotatable bonds is 7. The van der Waals surface area contributed by atoms with E-state index in [0.717, 1.165) is 31.9 Å². The third-order valence-corrected chi connectivity index (χ3v) is 4.71. The lowest BCUT2D eigenvalue weighted by Gasteiger charge is -2.28. The highest BCUT2D eigenvalue weighted by Crippen LogP contribution is 2.18. The van der Waals surface area contributed by atoms with Gasteiger partial charge in [-0.15, -0.1) is 0 Å². The molecule has 6 nitrogen and oxygen atoms in total. The molecule has 2 heterocycles. The monoisotopic (exact) mass is 390 g/mol. The first-order chi connectivity index (χ1) is 12.9. The van der Waals surface area contributed by atoms with Gasteiger partial charge < -0.3 is 10.1 Å². The second kappa shape index (κ2) is 8.76.